The Kier molecular flexibility index (Phi) is 4.87. The molecule has 1 saturated heterocycles. The fourth-order valence-electron chi connectivity index (χ4n) is 3.14. The summed E-state index contributed by atoms with van der Waals surface area (Å²) >= 11 is 12.2. The number of nitrogens with zero attached hydrogens (tertiary/aromatic N) is 1. The Labute approximate surface area is 148 Å². The number of carbonyl (C=O) groups is 1. The van der Waals surface area contributed by atoms with Gasteiger partial charge in [0, 0.05) is 28.6 Å². The number of benzene rings is 1. The van der Waals surface area contributed by atoms with Gasteiger partial charge in [-0.15, -0.1) is 0 Å². The van der Waals surface area contributed by atoms with Crippen LogP contribution in [0.5, 0.6) is 0 Å². The number of hydrogen-bond acceptors (Lipinski definition) is 4. The topological polar surface area (TPSA) is 75.5 Å². The molecule has 0 unspecified atom stereocenters. The Morgan fingerprint density at radius 1 is 1.29 bits per heavy atom. The van der Waals surface area contributed by atoms with Crippen molar-refractivity contribution in [2.75, 3.05) is 13.7 Å². The molecule has 2 aromatic rings. The number of aromatic amines is 1. The molecule has 0 spiro atoms. The standard InChI is InChI=1S/C16H16Cl2N2O4/c1-23-16(22)20-3-2-9(14-8-15(21)19-24-14)6-13(20)10-4-11(17)7-12(18)5-10/h4-5,7-9,13H,2-3,6H2,1H3,(H,19,21)/t9-,13-/m0/s1. The summed E-state index contributed by atoms with van der Waals surface area (Å²) in [6.45, 7) is 0.473. The maximum Gasteiger partial charge on any atom is 0.409 e. The Balaban J connectivity index is 1.94. The molecule has 0 radical (unpaired) electrons. The van der Waals surface area contributed by atoms with Gasteiger partial charge < -0.3 is 14.2 Å². The summed E-state index contributed by atoms with van der Waals surface area (Å²) in [5, 5.41) is 3.30. The molecule has 24 heavy (non-hydrogen) atoms. The maximum atomic E-state index is 12.1. The van der Waals surface area contributed by atoms with E-state index in [1.165, 1.54) is 13.2 Å². The van der Waals surface area contributed by atoms with Gasteiger partial charge in [0.05, 0.1) is 13.2 Å². The first-order valence-electron chi connectivity index (χ1n) is 7.47. The summed E-state index contributed by atoms with van der Waals surface area (Å²) in [7, 11) is 1.35. The van der Waals surface area contributed by atoms with E-state index in [1.807, 2.05) is 0 Å². The predicted octanol–water partition coefficient (Wildman–Crippen LogP) is 3.96. The second kappa shape index (κ2) is 6.91. The number of hydrogen-bond donors (Lipinski definition) is 1. The fourth-order valence-corrected chi connectivity index (χ4v) is 3.68. The highest BCUT2D eigenvalue weighted by molar-refractivity contribution is 6.34. The molecule has 1 amide bonds. The zero-order valence-electron chi connectivity index (χ0n) is 12.9. The van der Waals surface area contributed by atoms with Gasteiger partial charge in [-0.1, -0.05) is 23.2 Å². The average molecular weight is 371 g/mol. The number of aromatic nitrogens is 1. The normalized spacial score (nSPS) is 20.9. The Hall–Kier alpha value is -1.92. The van der Waals surface area contributed by atoms with Gasteiger partial charge in [0.2, 0.25) is 0 Å². The summed E-state index contributed by atoms with van der Waals surface area (Å²) in [6.07, 6.45) is 0.831. The molecule has 6 nitrogen and oxygen atoms in total. The highest BCUT2D eigenvalue weighted by atomic mass is 35.5. The third kappa shape index (κ3) is 3.44. The maximum absolute atomic E-state index is 12.1. The molecule has 0 aliphatic carbocycles. The fraction of sp³-hybridized carbons (Fsp3) is 0.375. The van der Waals surface area contributed by atoms with Crippen LogP contribution in [-0.2, 0) is 4.74 Å². The van der Waals surface area contributed by atoms with E-state index in [0.29, 0.717) is 35.2 Å². The van der Waals surface area contributed by atoms with Crippen LogP contribution in [0.25, 0.3) is 0 Å². The minimum atomic E-state index is -0.412. The van der Waals surface area contributed by atoms with Crippen LogP contribution in [0.3, 0.4) is 0 Å². The van der Waals surface area contributed by atoms with E-state index in [2.05, 4.69) is 5.16 Å². The number of methoxy groups -OCH3 is 1. The van der Waals surface area contributed by atoms with E-state index < -0.39 is 6.09 Å². The second-order valence-electron chi connectivity index (χ2n) is 5.72. The molecular weight excluding hydrogens is 355 g/mol. The Morgan fingerprint density at radius 3 is 2.58 bits per heavy atom. The lowest BCUT2D eigenvalue weighted by Crippen LogP contribution is -2.40. The highest BCUT2D eigenvalue weighted by Crippen LogP contribution is 2.40. The first-order chi connectivity index (χ1) is 11.5. The molecular formula is C16H16Cl2N2O4. The van der Waals surface area contributed by atoms with Gasteiger partial charge in [0.15, 0.2) is 0 Å². The van der Waals surface area contributed by atoms with E-state index >= 15 is 0 Å². The van der Waals surface area contributed by atoms with Crippen molar-refractivity contribution in [3.8, 4) is 0 Å². The van der Waals surface area contributed by atoms with Gasteiger partial charge in [-0.25, -0.2) is 4.79 Å². The molecule has 3 rings (SSSR count). The van der Waals surface area contributed by atoms with Gasteiger partial charge in [0.1, 0.15) is 5.76 Å². The number of amides is 1. The third-order valence-electron chi connectivity index (χ3n) is 4.23. The number of likely N-dealkylation sites (tertiary alicyclic amines) is 1. The summed E-state index contributed by atoms with van der Waals surface area (Å²) in [4.78, 5) is 25.1. The Morgan fingerprint density at radius 2 is 2.00 bits per heavy atom. The average Bonchev–Trinajstić information content (AvgIpc) is 2.99. The lowest BCUT2D eigenvalue weighted by atomic mass is 9.86. The van der Waals surface area contributed by atoms with E-state index in [-0.39, 0.29) is 17.5 Å². The summed E-state index contributed by atoms with van der Waals surface area (Å²) < 4.78 is 10.1. The van der Waals surface area contributed by atoms with Gasteiger partial charge in [-0.2, -0.15) is 5.16 Å². The van der Waals surface area contributed by atoms with E-state index in [9.17, 15) is 9.59 Å². The minimum Gasteiger partial charge on any atom is -0.453 e. The van der Waals surface area contributed by atoms with Crippen LogP contribution in [0.2, 0.25) is 10.0 Å². The number of rotatable bonds is 2. The van der Waals surface area contributed by atoms with Crippen LogP contribution < -0.4 is 5.56 Å². The molecule has 0 saturated carbocycles. The number of H-pyrrole nitrogens is 1. The van der Waals surface area contributed by atoms with Crippen LogP contribution in [0, 0.1) is 0 Å². The first-order valence-corrected chi connectivity index (χ1v) is 8.22. The van der Waals surface area contributed by atoms with Gasteiger partial charge >= 0.3 is 6.09 Å². The SMILES string of the molecule is COC(=O)N1CC[C@H](c2cc(=O)[nH]o2)C[C@H]1c1cc(Cl)cc(Cl)c1. The zero-order valence-corrected chi connectivity index (χ0v) is 14.4. The van der Waals surface area contributed by atoms with Crippen LogP contribution in [0.4, 0.5) is 4.79 Å². The molecule has 2 heterocycles. The molecule has 1 N–H and O–H groups in total. The van der Waals surface area contributed by atoms with Gasteiger partial charge in [-0.3, -0.25) is 4.79 Å². The summed E-state index contributed by atoms with van der Waals surface area (Å²) in [6, 6.07) is 6.38. The smallest absolute Gasteiger partial charge is 0.409 e. The molecule has 1 aliphatic rings. The van der Waals surface area contributed by atoms with Crippen molar-refractivity contribution in [1.82, 2.24) is 10.1 Å². The number of carbonyl (C=O) groups excluding carboxylic acids is 1. The molecule has 1 aromatic heterocycles. The van der Waals surface area contributed by atoms with E-state index in [1.54, 1.807) is 23.1 Å². The van der Waals surface area contributed by atoms with Crippen LogP contribution in [0.15, 0.2) is 33.6 Å². The summed E-state index contributed by atoms with van der Waals surface area (Å²) in [5.41, 5.74) is 0.545. The number of halogens is 2. The van der Waals surface area contributed by atoms with Crippen molar-refractivity contribution >= 4 is 29.3 Å². The largest absolute Gasteiger partial charge is 0.453 e. The van der Waals surface area contributed by atoms with Crippen LogP contribution in [-0.4, -0.2) is 29.8 Å². The quantitative estimate of drug-likeness (QED) is 0.867. The van der Waals surface area contributed by atoms with Crippen molar-refractivity contribution < 1.29 is 14.1 Å². The first kappa shape index (κ1) is 16.9. The molecule has 1 aromatic carbocycles. The third-order valence-corrected chi connectivity index (χ3v) is 4.66. The molecule has 0 bridgehead atoms. The molecule has 128 valence electrons. The second-order valence-corrected chi connectivity index (χ2v) is 6.59. The van der Waals surface area contributed by atoms with Crippen LogP contribution >= 0.6 is 23.2 Å². The van der Waals surface area contributed by atoms with Gasteiger partial charge in [-0.05, 0) is 36.6 Å². The molecule has 1 fully saturated rings. The van der Waals surface area contributed by atoms with Crippen molar-refractivity contribution in [3.63, 3.8) is 0 Å². The molecule has 2 atom stereocenters. The van der Waals surface area contributed by atoms with Crippen molar-refractivity contribution in [2.45, 2.75) is 24.8 Å². The molecule has 1 aliphatic heterocycles. The number of piperidine rings is 1. The number of ether oxygens (including phenoxy) is 1. The zero-order chi connectivity index (χ0) is 17.3. The number of nitrogens with one attached hydrogen (secondary N) is 1. The minimum absolute atomic E-state index is 0.00705. The lowest BCUT2D eigenvalue weighted by molar-refractivity contribution is 0.0815. The van der Waals surface area contributed by atoms with E-state index in [4.69, 9.17) is 32.5 Å². The highest BCUT2D eigenvalue weighted by Gasteiger charge is 2.35. The molecule has 8 heteroatoms. The van der Waals surface area contributed by atoms with Crippen LogP contribution in [0.1, 0.15) is 36.1 Å². The van der Waals surface area contributed by atoms with Crippen molar-refractivity contribution in [2.24, 2.45) is 0 Å². The lowest BCUT2D eigenvalue weighted by Gasteiger charge is -2.38. The predicted molar refractivity (Wildman–Crippen MR) is 89.6 cm³/mol. The van der Waals surface area contributed by atoms with Crippen molar-refractivity contribution in [1.29, 1.82) is 0 Å². The van der Waals surface area contributed by atoms with Gasteiger partial charge in [0.25, 0.3) is 5.56 Å². The van der Waals surface area contributed by atoms with Crippen molar-refractivity contribution in [3.05, 3.63) is 56.0 Å². The van der Waals surface area contributed by atoms with E-state index in [0.717, 1.165) is 5.56 Å². The Bertz CT molecular complexity index is 781. The monoisotopic (exact) mass is 370 g/mol. The summed E-state index contributed by atoms with van der Waals surface area (Å²) in [5.74, 6) is 0.593.